The van der Waals surface area contributed by atoms with E-state index in [4.69, 9.17) is 9.15 Å². The third kappa shape index (κ3) is 2.23. The first-order valence-corrected chi connectivity index (χ1v) is 7.17. The Kier molecular flexibility index (Phi) is 3.49. The minimum atomic E-state index is -0.778. The molecule has 2 atom stereocenters. The van der Waals surface area contributed by atoms with Crippen LogP contribution in [0.1, 0.15) is 35.6 Å². The highest BCUT2D eigenvalue weighted by Crippen LogP contribution is 2.49. The highest BCUT2D eigenvalue weighted by molar-refractivity contribution is 5.92. The molecule has 1 aromatic rings. The number of fused-ring (bicyclic) bond motifs is 1. The zero-order valence-corrected chi connectivity index (χ0v) is 12.0. The maximum Gasteiger partial charge on any atom is 0.311 e. The van der Waals surface area contributed by atoms with Crippen LogP contribution >= 0.6 is 0 Å². The SMILES string of the molecule is COCc1ccc(C(=O)N2C[C@@H]3CCC[C@@]3(C(=O)O)C2)o1. The van der Waals surface area contributed by atoms with Crippen molar-refractivity contribution in [2.24, 2.45) is 11.3 Å². The number of hydrogen-bond acceptors (Lipinski definition) is 4. The highest BCUT2D eigenvalue weighted by atomic mass is 16.5. The van der Waals surface area contributed by atoms with Crippen molar-refractivity contribution < 1.29 is 23.8 Å². The van der Waals surface area contributed by atoms with Crippen molar-refractivity contribution >= 4 is 11.9 Å². The number of ether oxygens (including phenoxy) is 1. The molecule has 0 bridgehead atoms. The van der Waals surface area contributed by atoms with Gasteiger partial charge in [-0.05, 0) is 30.9 Å². The second-order valence-corrected chi connectivity index (χ2v) is 5.94. The van der Waals surface area contributed by atoms with Gasteiger partial charge in [-0.1, -0.05) is 6.42 Å². The molecule has 1 aromatic heterocycles. The lowest BCUT2D eigenvalue weighted by Crippen LogP contribution is -2.37. The van der Waals surface area contributed by atoms with Crippen LogP contribution in [0.3, 0.4) is 0 Å². The molecular formula is C15H19NO5. The first-order chi connectivity index (χ1) is 10.1. The highest BCUT2D eigenvalue weighted by Gasteiger charge is 2.56. The summed E-state index contributed by atoms with van der Waals surface area (Å²) in [4.78, 5) is 25.7. The number of furan rings is 1. The van der Waals surface area contributed by atoms with E-state index in [1.165, 1.54) is 0 Å². The van der Waals surface area contributed by atoms with Crippen molar-refractivity contribution in [1.82, 2.24) is 4.90 Å². The predicted molar refractivity (Wildman–Crippen MR) is 72.7 cm³/mol. The Labute approximate surface area is 122 Å². The van der Waals surface area contributed by atoms with Gasteiger partial charge in [-0.25, -0.2) is 0 Å². The van der Waals surface area contributed by atoms with Gasteiger partial charge in [0.05, 0.1) is 5.41 Å². The van der Waals surface area contributed by atoms with Gasteiger partial charge in [0.25, 0.3) is 5.91 Å². The minimum absolute atomic E-state index is 0.0624. The number of hydrogen-bond donors (Lipinski definition) is 1. The lowest BCUT2D eigenvalue weighted by Gasteiger charge is -2.22. The first kappa shape index (κ1) is 14.1. The third-order valence-corrected chi connectivity index (χ3v) is 4.74. The van der Waals surface area contributed by atoms with Gasteiger partial charge in [-0.2, -0.15) is 0 Å². The summed E-state index contributed by atoms with van der Waals surface area (Å²) in [5.41, 5.74) is -0.752. The number of carbonyl (C=O) groups excluding carboxylic acids is 1. The van der Waals surface area contributed by atoms with Gasteiger partial charge in [0.1, 0.15) is 12.4 Å². The van der Waals surface area contributed by atoms with Crippen molar-refractivity contribution in [2.45, 2.75) is 25.9 Å². The summed E-state index contributed by atoms with van der Waals surface area (Å²) in [5.74, 6) is -0.102. The summed E-state index contributed by atoms with van der Waals surface area (Å²) in [6.07, 6.45) is 2.46. The van der Waals surface area contributed by atoms with Gasteiger partial charge in [-0.15, -0.1) is 0 Å². The van der Waals surface area contributed by atoms with Gasteiger partial charge in [0, 0.05) is 20.2 Å². The summed E-state index contributed by atoms with van der Waals surface area (Å²) >= 11 is 0. The smallest absolute Gasteiger partial charge is 0.311 e. The Morgan fingerprint density at radius 2 is 2.33 bits per heavy atom. The summed E-state index contributed by atoms with van der Waals surface area (Å²) in [6, 6.07) is 3.33. The van der Waals surface area contributed by atoms with E-state index < -0.39 is 11.4 Å². The average molecular weight is 293 g/mol. The van der Waals surface area contributed by atoms with E-state index in [0.29, 0.717) is 25.3 Å². The van der Waals surface area contributed by atoms with E-state index in [0.717, 1.165) is 12.8 Å². The lowest BCUT2D eigenvalue weighted by atomic mass is 9.81. The Bertz CT molecular complexity index is 566. The van der Waals surface area contributed by atoms with E-state index in [2.05, 4.69) is 0 Å². The number of amides is 1. The number of carboxylic acid groups (broad SMARTS) is 1. The number of likely N-dealkylation sites (tertiary alicyclic amines) is 1. The molecule has 0 radical (unpaired) electrons. The van der Waals surface area contributed by atoms with Crippen molar-refractivity contribution in [2.75, 3.05) is 20.2 Å². The van der Waals surface area contributed by atoms with E-state index in [9.17, 15) is 14.7 Å². The van der Waals surface area contributed by atoms with Gasteiger partial charge >= 0.3 is 5.97 Å². The standard InChI is InChI=1S/C15H19NO5/c1-20-8-11-4-5-12(21-11)13(17)16-7-10-3-2-6-15(10,9-16)14(18)19/h4-5,10H,2-3,6-9H2,1H3,(H,18,19)/t10-,15+/m0/s1. The van der Waals surface area contributed by atoms with Crippen molar-refractivity contribution in [3.63, 3.8) is 0 Å². The molecule has 114 valence electrons. The summed E-state index contributed by atoms with van der Waals surface area (Å²) in [7, 11) is 1.56. The van der Waals surface area contributed by atoms with E-state index in [1.54, 1.807) is 24.1 Å². The number of aliphatic carboxylic acids is 1. The molecule has 2 fully saturated rings. The number of nitrogens with zero attached hydrogens (tertiary/aromatic N) is 1. The zero-order chi connectivity index (χ0) is 15.0. The molecule has 0 unspecified atom stereocenters. The molecular weight excluding hydrogens is 274 g/mol. The zero-order valence-electron chi connectivity index (χ0n) is 12.0. The lowest BCUT2D eigenvalue weighted by molar-refractivity contribution is -0.149. The van der Waals surface area contributed by atoms with E-state index in [-0.39, 0.29) is 24.1 Å². The number of methoxy groups -OCH3 is 1. The van der Waals surface area contributed by atoms with Gasteiger partial charge in [0.15, 0.2) is 5.76 Å². The average Bonchev–Trinajstić information content (AvgIpc) is 3.11. The number of carbonyl (C=O) groups is 2. The second-order valence-electron chi connectivity index (χ2n) is 5.94. The Hall–Kier alpha value is -1.82. The quantitative estimate of drug-likeness (QED) is 0.915. The summed E-state index contributed by atoms with van der Waals surface area (Å²) < 4.78 is 10.4. The molecule has 1 aliphatic heterocycles. The van der Waals surface area contributed by atoms with Crippen LogP contribution in [-0.4, -0.2) is 42.1 Å². The summed E-state index contributed by atoms with van der Waals surface area (Å²) in [6.45, 7) is 1.10. The maximum absolute atomic E-state index is 12.5. The number of rotatable bonds is 4. The summed E-state index contributed by atoms with van der Waals surface area (Å²) in [5, 5.41) is 9.54. The van der Waals surface area contributed by atoms with Gasteiger partial charge in [0.2, 0.25) is 0 Å². The molecule has 21 heavy (non-hydrogen) atoms. The molecule has 1 saturated carbocycles. The Morgan fingerprint density at radius 3 is 3.00 bits per heavy atom. The Morgan fingerprint density at radius 1 is 1.52 bits per heavy atom. The van der Waals surface area contributed by atoms with Crippen LogP contribution in [0.25, 0.3) is 0 Å². The van der Waals surface area contributed by atoms with Crippen LogP contribution < -0.4 is 0 Å². The normalized spacial score (nSPS) is 27.9. The van der Waals surface area contributed by atoms with Crippen LogP contribution in [-0.2, 0) is 16.1 Å². The maximum atomic E-state index is 12.5. The molecule has 6 heteroatoms. The number of carboxylic acids is 1. The van der Waals surface area contributed by atoms with Crippen LogP contribution in [0, 0.1) is 11.3 Å². The van der Waals surface area contributed by atoms with Crippen LogP contribution in [0.4, 0.5) is 0 Å². The molecule has 1 saturated heterocycles. The fraction of sp³-hybridized carbons (Fsp3) is 0.600. The van der Waals surface area contributed by atoms with Crippen molar-refractivity contribution in [3.05, 3.63) is 23.7 Å². The fourth-order valence-electron chi connectivity index (χ4n) is 3.66. The minimum Gasteiger partial charge on any atom is -0.481 e. The molecule has 2 aliphatic rings. The molecule has 1 N–H and O–H groups in total. The largest absolute Gasteiger partial charge is 0.481 e. The predicted octanol–water partition coefficient (Wildman–Crippen LogP) is 1.75. The van der Waals surface area contributed by atoms with Crippen LogP contribution in [0.15, 0.2) is 16.5 Å². The molecule has 0 spiro atoms. The van der Waals surface area contributed by atoms with Gasteiger partial charge < -0.3 is 19.2 Å². The fourth-order valence-corrected chi connectivity index (χ4v) is 3.66. The molecule has 1 aliphatic carbocycles. The van der Waals surface area contributed by atoms with Crippen LogP contribution in [0.5, 0.6) is 0 Å². The topological polar surface area (TPSA) is 80.0 Å². The van der Waals surface area contributed by atoms with Gasteiger partial charge in [-0.3, -0.25) is 9.59 Å². The first-order valence-electron chi connectivity index (χ1n) is 7.17. The van der Waals surface area contributed by atoms with E-state index >= 15 is 0 Å². The molecule has 2 heterocycles. The van der Waals surface area contributed by atoms with Crippen molar-refractivity contribution in [3.8, 4) is 0 Å². The van der Waals surface area contributed by atoms with E-state index in [1.807, 2.05) is 0 Å². The van der Waals surface area contributed by atoms with Crippen LogP contribution in [0.2, 0.25) is 0 Å². The second kappa shape index (κ2) is 5.18. The molecule has 3 rings (SSSR count). The van der Waals surface area contributed by atoms with Crippen molar-refractivity contribution in [1.29, 1.82) is 0 Å². The Balaban J connectivity index is 1.76. The monoisotopic (exact) mass is 293 g/mol. The molecule has 6 nitrogen and oxygen atoms in total. The molecule has 0 aromatic carbocycles. The third-order valence-electron chi connectivity index (χ3n) is 4.74. The molecule has 1 amide bonds.